The van der Waals surface area contributed by atoms with Crippen molar-refractivity contribution >= 4 is 5.69 Å². The Morgan fingerprint density at radius 3 is 2.71 bits per heavy atom. The van der Waals surface area contributed by atoms with Crippen molar-refractivity contribution in [2.24, 2.45) is 0 Å². The molecule has 0 spiro atoms. The van der Waals surface area contributed by atoms with Crippen molar-refractivity contribution in [1.82, 2.24) is 5.32 Å². The highest BCUT2D eigenvalue weighted by Crippen LogP contribution is 2.16. The van der Waals surface area contributed by atoms with Crippen molar-refractivity contribution in [1.29, 1.82) is 0 Å². The van der Waals surface area contributed by atoms with Gasteiger partial charge in [0, 0.05) is 18.3 Å². The molecule has 14 heavy (non-hydrogen) atoms. The van der Waals surface area contributed by atoms with Gasteiger partial charge in [-0.05, 0) is 37.2 Å². The summed E-state index contributed by atoms with van der Waals surface area (Å²) in [6.45, 7) is 2.18. The molecule has 1 atom stereocenters. The quantitative estimate of drug-likeness (QED) is 0.761. The van der Waals surface area contributed by atoms with Gasteiger partial charge in [0.15, 0.2) is 0 Å². The summed E-state index contributed by atoms with van der Waals surface area (Å²) < 4.78 is 5.10. The van der Waals surface area contributed by atoms with Gasteiger partial charge in [0.2, 0.25) is 0 Å². The molecule has 2 N–H and O–H groups in total. The van der Waals surface area contributed by atoms with Gasteiger partial charge in [-0.1, -0.05) is 0 Å². The second-order valence-corrected chi connectivity index (χ2v) is 3.56. The van der Waals surface area contributed by atoms with E-state index in [0.717, 1.165) is 18.8 Å². The summed E-state index contributed by atoms with van der Waals surface area (Å²) in [6, 6.07) is 8.63. The highest BCUT2D eigenvalue weighted by molar-refractivity contribution is 5.47. The van der Waals surface area contributed by atoms with Gasteiger partial charge in [0.25, 0.3) is 0 Å². The smallest absolute Gasteiger partial charge is 0.119 e. The first kappa shape index (κ1) is 9.34. The van der Waals surface area contributed by atoms with Gasteiger partial charge >= 0.3 is 0 Å². The van der Waals surface area contributed by atoms with E-state index in [1.54, 1.807) is 7.11 Å². The van der Waals surface area contributed by atoms with Crippen LogP contribution >= 0.6 is 0 Å². The van der Waals surface area contributed by atoms with Gasteiger partial charge in [-0.15, -0.1) is 0 Å². The summed E-state index contributed by atoms with van der Waals surface area (Å²) in [5.74, 6) is 0.903. The fourth-order valence-electron chi connectivity index (χ4n) is 1.70. The molecule has 76 valence electrons. The van der Waals surface area contributed by atoms with Crippen molar-refractivity contribution in [2.75, 3.05) is 25.5 Å². The topological polar surface area (TPSA) is 33.3 Å². The molecule has 1 heterocycles. The van der Waals surface area contributed by atoms with Gasteiger partial charge in [-0.2, -0.15) is 0 Å². The van der Waals surface area contributed by atoms with Gasteiger partial charge < -0.3 is 15.4 Å². The van der Waals surface area contributed by atoms with Gasteiger partial charge in [-0.3, -0.25) is 0 Å². The molecule has 1 saturated heterocycles. The number of hydrogen-bond donors (Lipinski definition) is 2. The summed E-state index contributed by atoms with van der Waals surface area (Å²) >= 11 is 0. The molecular weight excluding hydrogens is 176 g/mol. The maximum atomic E-state index is 5.10. The Hall–Kier alpha value is -1.22. The SMILES string of the molecule is COc1ccc(NC2CCNC2)cc1. The van der Waals surface area contributed by atoms with E-state index in [0.29, 0.717) is 6.04 Å². The molecule has 2 rings (SSSR count). The summed E-state index contributed by atoms with van der Waals surface area (Å²) in [5, 5.41) is 6.80. The predicted molar refractivity (Wildman–Crippen MR) is 57.9 cm³/mol. The van der Waals surface area contributed by atoms with Gasteiger partial charge in [0.1, 0.15) is 5.75 Å². The van der Waals surface area contributed by atoms with Crippen LogP contribution in [0.25, 0.3) is 0 Å². The van der Waals surface area contributed by atoms with Crippen LogP contribution in [0.1, 0.15) is 6.42 Å². The van der Waals surface area contributed by atoms with Crippen molar-refractivity contribution in [3.8, 4) is 5.75 Å². The van der Waals surface area contributed by atoms with E-state index in [9.17, 15) is 0 Å². The minimum absolute atomic E-state index is 0.573. The monoisotopic (exact) mass is 192 g/mol. The maximum Gasteiger partial charge on any atom is 0.119 e. The van der Waals surface area contributed by atoms with Crippen molar-refractivity contribution in [3.63, 3.8) is 0 Å². The third kappa shape index (κ3) is 2.17. The van der Waals surface area contributed by atoms with Crippen LogP contribution in [0, 0.1) is 0 Å². The largest absolute Gasteiger partial charge is 0.497 e. The number of ether oxygens (including phenoxy) is 1. The average molecular weight is 192 g/mol. The molecule has 0 aromatic heterocycles. The van der Waals surface area contributed by atoms with E-state index in [1.807, 2.05) is 12.1 Å². The Morgan fingerprint density at radius 1 is 1.36 bits per heavy atom. The van der Waals surface area contributed by atoms with Crippen LogP contribution < -0.4 is 15.4 Å². The molecular formula is C11H16N2O. The highest BCUT2D eigenvalue weighted by atomic mass is 16.5. The lowest BCUT2D eigenvalue weighted by atomic mass is 10.2. The van der Waals surface area contributed by atoms with E-state index < -0.39 is 0 Å². The van der Waals surface area contributed by atoms with E-state index >= 15 is 0 Å². The Morgan fingerprint density at radius 2 is 2.14 bits per heavy atom. The Kier molecular flexibility index (Phi) is 2.89. The van der Waals surface area contributed by atoms with Crippen LogP contribution in [0.15, 0.2) is 24.3 Å². The number of nitrogens with one attached hydrogen (secondary N) is 2. The fourth-order valence-corrected chi connectivity index (χ4v) is 1.70. The third-order valence-corrected chi connectivity index (χ3v) is 2.52. The lowest BCUT2D eigenvalue weighted by Crippen LogP contribution is -2.21. The van der Waals surface area contributed by atoms with Gasteiger partial charge in [0.05, 0.1) is 7.11 Å². The molecule has 0 bridgehead atoms. The zero-order valence-corrected chi connectivity index (χ0v) is 8.42. The highest BCUT2D eigenvalue weighted by Gasteiger charge is 2.13. The zero-order valence-electron chi connectivity index (χ0n) is 8.42. The molecule has 0 aliphatic carbocycles. The zero-order chi connectivity index (χ0) is 9.80. The van der Waals surface area contributed by atoms with Crippen LogP contribution in [-0.4, -0.2) is 26.2 Å². The molecule has 3 nitrogen and oxygen atoms in total. The van der Waals surface area contributed by atoms with Crippen molar-refractivity contribution in [2.45, 2.75) is 12.5 Å². The first-order valence-electron chi connectivity index (χ1n) is 5.00. The Balaban J connectivity index is 1.95. The van der Waals surface area contributed by atoms with Crippen LogP contribution in [0.2, 0.25) is 0 Å². The summed E-state index contributed by atoms with van der Waals surface area (Å²) in [5.41, 5.74) is 1.17. The van der Waals surface area contributed by atoms with Crippen LogP contribution in [-0.2, 0) is 0 Å². The van der Waals surface area contributed by atoms with Crippen LogP contribution in [0.5, 0.6) is 5.75 Å². The first-order chi connectivity index (χ1) is 6.88. The number of benzene rings is 1. The van der Waals surface area contributed by atoms with Crippen molar-refractivity contribution < 1.29 is 4.74 Å². The second-order valence-electron chi connectivity index (χ2n) is 3.56. The molecule has 3 heteroatoms. The Bertz CT molecular complexity index is 278. The minimum Gasteiger partial charge on any atom is -0.497 e. The molecule has 0 amide bonds. The van der Waals surface area contributed by atoms with Gasteiger partial charge in [-0.25, -0.2) is 0 Å². The van der Waals surface area contributed by atoms with Crippen LogP contribution in [0.3, 0.4) is 0 Å². The van der Waals surface area contributed by atoms with Crippen molar-refractivity contribution in [3.05, 3.63) is 24.3 Å². The summed E-state index contributed by atoms with van der Waals surface area (Å²) in [6.07, 6.45) is 1.20. The van der Waals surface area contributed by atoms with E-state index in [2.05, 4.69) is 22.8 Å². The van der Waals surface area contributed by atoms with E-state index in [4.69, 9.17) is 4.74 Å². The molecule has 1 aliphatic rings. The number of methoxy groups -OCH3 is 1. The molecule has 0 radical (unpaired) electrons. The number of rotatable bonds is 3. The standard InChI is InChI=1S/C11H16N2O/c1-14-11-4-2-9(3-5-11)13-10-6-7-12-8-10/h2-5,10,12-13H,6-8H2,1H3. The molecule has 1 aromatic carbocycles. The van der Waals surface area contributed by atoms with Crippen LogP contribution in [0.4, 0.5) is 5.69 Å². The fraction of sp³-hybridized carbons (Fsp3) is 0.455. The Labute approximate surface area is 84.5 Å². The number of anilines is 1. The van der Waals surface area contributed by atoms with E-state index in [-0.39, 0.29) is 0 Å². The molecule has 1 aliphatic heterocycles. The lowest BCUT2D eigenvalue weighted by Gasteiger charge is -2.12. The average Bonchev–Trinajstić information content (AvgIpc) is 2.72. The first-order valence-corrected chi connectivity index (χ1v) is 5.00. The predicted octanol–water partition coefficient (Wildman–Crippen LogP) is 1.47. The molecule has 0 saturated carbocycles. The molecule has 1 unspecified atom stereocenters. The minimum atomic E-state index is 0.573. The molecule has 1 fully saturated rings. The normalized spacial score (nSPS) is 20.8. The lowest BCUT2D eigenvalue weighted by molar-refractivity contribution is 0.415. The summed E-state index contributed by atoms with van der Waals surface area (Å²) in [7, 11) is 1.68. The summed E-state index contributed by atoms with van der Waals surface area (Å²) in [4.78, 5) is 0. The maximum absolute atomic E-state index is 5.10. The third-order valence-electron chi connectivity index (χ3n) is 2.52. The van der Waals surface area contributed by atoms with E-state index in [1.165, 1.54) is 12.1 Å². The molecule has 1 aromatic rings. The second kappa shape index (κ2) is 4.33. The number of hydrogen-bond acceptors (Lipinski definition) is 3.